The number of hydrogen-bond donors (Lipinski definition) is 1. The van der Waals surface area contributed by atoms with Gasteiger partial charge >= 0.3 is 0 Å². The molecule has 3 aromatic carbocycles. The Bertz CT molecular complexity index is 1150. The number of rotatable bonds is 9. The maximum atomic E-state index is 13.0. The van der Waals surface area contributed by atoms with Gasteiger partial charge in [0.2, 0.25) is 5.91 Å². The minimum Gasteiger partial charge on any atom is -0.490 e. The van der Waals surface area contributed by atoms with E-state index in [1.165, 1.54) is 18.3 Å². The van der Waals surface area contributed by atoms with Crippen molar-refractivity contribution in [2.24, 2.45) is 5.10 Å². The summed E-state index contributed by atoms with van der Waals surface area (Å²) in [5, 5.41) is 5.17. The van der Waals surface area contributed by atoms with Crippen molar-refractivity contribution in [2.45, 2.75) is 20.0 Å². The number of hydrogen-bond acceptors (Lipinski definition) is 4. The average molecular weight is 510 g/mol. The second kappa shape index (κ2) is 11.9. The van der Waals surface area contributed by atoms with Crippen LogP contribution in [0.2, 0.25) is 15.1 Å². The number of nitrogens with one attached hydrogen (secondary N) is 1. The van der Waals surface area contributed by atoms with Gasteiger partial charge < -0.3 is 9.47 Å². The number of ether oxygens (including phenoxy) is 2. The van der Waals surface area contributed by atoms with Gasteiger partial charge in [-0.1, -0.05) is 53.0 Å². The third kappa shape index (κ3) is 7.35. The van der Waals surface area contributed by atoms with Gasteiger partial charge in [-0.3, -0.25) is 4.79 Å². The van der Waals surface area contributed by atoms with Gasteiger partial charge in [0.1, 0.15) is 12.4 Å². The Kier molecular flexibility index (Phi) is 8.95. The van der Waals surface area contributed by atoms with Crippen LogP contribution >= 0.6 is 34.8 Å². The van der Waals surface area contributed by atoms with Crippen LogP contribution in [0.15, 0.2) is 59.7 Å². The quantitative estimate of drug-likeness (QED) is 0.266. The Hall–Kier alpha value is -2.80. The SMILES string of the molecule is CCOc1cc(/C=N/NC(=O)Cc2ccc(F)cc2)cc(Cl)c1OCc1ccc(Cl)c(Cl)c1. The standard InChI is InChI=1S/C24H20Cl3FN2O3/c1-2-32-22-11-17(13-29-30-23(31)12-15-3-6-18(28)7-4-15)10-21(27)24(22)33-14-16-5-8-19(25)20(26)9-16/h3-11,13H,2,12,14H2,1H3,(H,30,31)/b29-13+. The first-order valence-corrected chi connectivity index (χ1v) is 11.1. The zero-order valence-electron chi connectivity index (χ0n) is 17.6. The maximum Gasteiger partial charge on any atom is 0.244 e. The van der Waals surface area contributed by atoms with E-state index in [0.29, 0.717) is 44.3 Å². The number of amides is 1. The van der Waals surface area contributed by atoms with E-state index in [9.17, 15) is 9.18 Å². The lowest BCUT2D eigenvalue weighted by molar-refractivity contribution is -0.120. The summed E-state index contributed by atoms with van der Waals surface area (Å²) in [6.45, 7) is 2.45. The topological polar surface area (TPSA) is 59.9 Å². The number of nitrogens with zero attached hydrogens (tertiary/aromatic N) is 1. The summed E-state index contributed by atoms with van der Waals surface area (Å²) >= 11 is 18.4. The molecule has 0 aliphatic heterocycles. The lowest BCUT2D eigenvalue weighted by atomic mass is 10.1. The van der Waals surface area contributed by atoms with Gasteiger partial charge in [-0.25, -0.2) is 9.82 Å². The van der Waals surface area contributed by atoms with Gasteiger partial charge in [0.05, 0.1) is 34.3 Å². The molecule has 0 atom stereocenters. The lowest BCUT2D eigenvalue weighted by Crippen LogP contribution is -2.19. The lowest BCUT2D eigenvalue weighted by Gasteiger charge is -2.14. The first-order valence-electron chi connectivity index (χ1n) is 9.95. The van der Waals surface area contributed by atoms with Gasteiger partial charge in [-0.2, -0.15) is 5.10 Å². The summed E-state index contributed by atoms with van der Waals surface area (Å²) in [5.74, 6) is 0.116. The molecule has 1 N–H and O–H groups in total. The Morgan fingerprint density at radius 1 is 0.970 bits per heavy atom. The van der Waals surface area contributed by atoms with E-state index in [1.54, 1.807) is 42.5 Å². The summed E-state index contributed by atoms with van der Waals surface area (Å²) < 4.78 is 24.5. The number of benzene rings is 3. The number of halogens is 4. The zero-order chi connectivity index (χ0) is 23.8. The summed E-state index contributed by atoms with van der Waals surface area (Å²) in [5.41, 5.74) is 4.53. The fraction of sp³-hybridized carbons (Fsp3) is 0.167. The van der Waals surface area contributed by atoms with Crippen LogP contribution in [0, 0.1) is 5.82 Å². The fourth-order valence-electron chi connectivity index (χ4n) is 2.86. The predicted molar refractivity (Wildman–Crippen MR) is 129 cm³/mol. The highest BCUT2D eigenvalue weighted by Gasteiger charge is 2.13. The van der Waals surface area contributed by atoms with Gasteiger partial charge in [0.15, 0.2) is 11.5 Å². The van der Waals surface area contributed by atoms with Gasteiger partial charge in [-0.05, 0) is 60.0 Å². The third-order valence-corrected chi connectivity index (χ3v) is 5.40. The number of hydrazone groups is 1. The van der Waals surface area contributed by atoms with Crippen LogP contribution in [0.25, 0.3) is 0 Å². The van der Waals surface area contributed by atoms with Crippen molar-refractivity contribution in [3.8, 4) is 11.5 Å². The largest absolute Gasteiger partial charge is 0.490 e. The van der Waals surface area contributed by atoms with Crippen molar-refractivity contribution >= 4 is 46.9 Å². The molecule has 0 aliphatic rings. The molecule has 0 aliphatic carbocycles. The summed E-state index contributed by atoms with van der Waals surface area (Å²) in [4.78, 5) is 12.0. The first-order chi connectivity index (χ1) is 15.9. The van der Waals surface area contributed by atoms with Crippen LogP contribution in [0.3, 0.4) is 0 Å². The minimum atomic E-state index is -0.358. The molecule has 0 saturated heterocycles. The molecule has 9 heteroatoms. The molecule has 0 spiro atoms. The molecule has 33 heavy (non-hydrogen) atoms. The second-order valence-electron chi connectivity index (χ2n) is 6.90. The highest BCUT2D eigenvalue weighted by atomic mass is 35.5. The molecule has 5 nitrogen and oxygen atoms in total. The Labute approximate surface area is 206 Å². The molecule has 0 saturated carbocycles. The zero-order valence-corrected chi connectivity index (χ0v) is 19.8. The normalized spacial score (nSPS) is 10.9. The number of carbonyl (C=O) groups is 1. The van der Waals surface area contributed by atoms with Crippen LogP contribution in [0.4, 0.5) is 4.39 Å². The molecule has 1 amide bonds. The van der Waals surface area contributed by atoms with Crippen LogP contribution < -0.4 is 14.9 Å². The predicted octanol–water partition coefficient (Wildman–Crippen LogP) is 6.46. The van der Waals surface area contributed by atoms with E-state index in [2.05, 4.69) is 10.5 Å². The molecule has 0 radical (unpaired) electrons. The van der Waals surface area contributed by atoms with Gasteiger partial charge in [0, 0.05) is 0 Å². The molecular weight excluding hydrogens is 490 g/mol. The summed E-state index contributed by atoms with van der Waals surface area (Å²) in [7, 11) is 0. The molecule has 0 heterocycles. The molecular formula is C24H20Cl3FN2O3. The van der Waals surface area contributed by atoms with Crippen LogP contribution in [-0.2, 0) is 17.8 Å². The van der Waals surface area contributed by atoms with E-state index in [4.69, 9.17) is 44.3 Å². The Morgan fingerprint density at radius 3 is 2.39 bits per heavy atom. The second-order valence-corrected chi connectivity index (χ2v) is 8.12. The smallest absolute Gasteiger partial charge is 0.244 e. The molecule has 3 aromatic rings. The first kappa shape index (κ1) is 24.8. The monoisotopic (exact) mass is 508 g/mol. The molecule has 0 aromatic heterocycles. The molecule has 0 unspecified atom stereocenters. The minimum absolute atomic E-state index is 0.0735. The van der Waals surface area contributed by atoms with Crippen LogP contribution in [0.5, 0.6) is 11.5 Å². The molecule has 0 bridgehead atoms. The van der Waals surface area contributed by atoms with Crippen LogP contribution in [-0.4, -0.2) is 18.7 Å². The van der Waals surface area contributed by atoms with Gasteiger partial charge in [-0.15, -0.1) is 0 Å². The van der Waals surface area contributed by atoms with Gasteiger partial charge in [0.25, 0.3) is 0 Å². The fourth-order valence-corrected chi connectivity index (χ4v) is 3.45. The highest BCUT2D eigenvalue weighted by Crippen LogP contribution is 2.37. The Balaban J connectivity index is 1.66. The van der Waals surface area contributed by atoms with Crippen molar-refractivity contribution in [3.05, 3.63) is 92.2 Å². The van der Waals surface area contributed by atoms with Crippen molar-refractivity contribution < 1.29 is 18.7 Å². The van der Waals surface area contributed by atoms with E-state index >= 15 is 0 Å². The van der Waals surface area contributed by atoms with E-state index in [1.807, 2.05) is 6.92 Å². The molecule has 172 valence electrons. The number of carbonyl (C=O) groups excluding carboxylic acids is 1. The van der Waals surface area contributed by atoms with E-state index in [0.717, 1.165) is 5.56 Å². The van der Waals surface area contributed by atoms with Crippen molar-refractivity contribution in [2.75, 3.05) is 6.61 Å². The molecule has 3 rings (SSSR count). The third-order valence-electron chi connectivity index (χ3n) is 4.38. The maximum absolute atomic E-state index is 13.0. The Morgan fingerprint density at radius 2 is 1.70 bits per heavy atom. The summed E-state index contributed by atoms with van der Waals surface area (Å²) in [6.07, 6.45) is 1.52. The van der Waals surface area contributed by atoms with Crippen molar-refractivity contribution in [1.82, 2.24) is 5.43 Å². The summed E-state index contributed by atoms with van der Waals surface area (Å²) in [6, 6.07) is 14.2. The highest BCUT2D eigenvalue weighted by molar-refractivity contribution is 6.42. The van der Waals surface area contributed by atoms with E-state index in [-0.39, 0.29) is 24.8 Å². The van der Waals surface area contributed by atoms with E-state index < -0.39 is 0 Å². The van der Waals surface area contributed by atoms with Crippen molar-refractivity contribution in [1.29, 1.82) is 0 Å². The van der Waals surface area contributed by atoms with Crippen LogP contribution in [0.1, 0.15) is 23.6 Å². The molecule has 0 fully saturated rings. The van der Waals surface area contributed by atoms with Crippen molar-refractivity contribution in [3.63, 3.8) is 0 Å². The average Bonchev–Trinajstić information content (AvgIpc) is 2.77.